The van der Waals surface area contributed by atoms with Crippen LogP contribution in [-0.4, -0.2) is 63.9 Å². The predicted octanol–water partition coefficient (Wildman–Crippen LogP) is 3.36. The quantitative estimate of drug-likeness (QED) is 0.447. The van der Waals surface area contributed by atoms with E-state index in [9.17, 15) is 23.1 Å². The number of rotatable bonds is 5. The highest BCUT2D eigenvalue weighted by atomic mass is 19.4. The summed E-state index contributed by atoms with van der Waals surface area (Å²) in [6.45, 7) is 3.00. The zero-order valence-electron chi connectivity index (χ0n) is 18.6. The molecule has 2 aromatic heterocycles. The van der Waals surface area contributed by atoms with Crippen molar-refractivity contribution in [1.82, 2.24) is 20.5 Å². The molecular weight excluding hydrogens is 453 g/mol. The van der Waals surface area contributed by atoms with E-state index < -0.39 is 30.0 Å². The second kappa shape index (κ2) is 9.11. The Balaban J connectivity index is 1.48. The number of aromatic amines is 1. The SMILES string of the molecule is CC(C)(O)C(NC(=O)Nc1cc2[nH]nc(N3CCOC(C(F)(F)F)C3)c2cn1)c1ccccc1. The zero-order chi connectivity index (χ0) is 24.5. The third kappa shape index (κ3) is 5.23. The number of benzene rings is 1. The third-order valence-electron chi connectivity index (χ3n) is 5.51. The topological polar surface area (TPSA) is 115 Å². The summed E-state index contributed by atoms with van der Waals surface area (Å²) in [5, 5.41) is 23.3. The summed E-state index contributed by atoms with van der Waals surface area (Å²) in [6.07, 6.45) is -4.92. The first-order valence-corrected chi connectivity index (χ1v) is 10.6. The predicted molar refractivity (Wildman–Crippen MR) is 120 cm³/mol. The first-order valence-electron chi connectivity index (χ1n) is 10.6. The van der Waals surface area contributed by atoms with Gasteiger partial charge in [-0.15, -0.1) is 0 Å². The Labute approximate surface area is 193 Å². The highest BCUT2D eigenvalue weighted by Gasteiger charge is 2.44. The Morgan fingerprint density at radius 1 is 1.29 bits per heavy atom. The maximum atomic E-state index is 13.1. The average molecular weight is 478 g/mol. The maximum absolute atomic E-state index is 13.1. The molecule has 182 valence electrons. The first-order chi connectivity index (χ1) is 16.0. The molecule has 1 saturated heterocycles. The number of carbonyl (C=O) groups excluding carboxylic acids is 1. The number of ether oxygens (including phenoxy) is 1. The van der Waals surface area contributed by atoms with Crippen LogP contribution in [0, 0.1) is 0 Å². The number of aliphatic hydroxyl groups is 1. The van der Waals surface area contributed by atoms with Crippen LogP contribution in [0.4, 0.5) is 29.6 Å². The van der Waals surface area contributed by atoms with E-state index in [1.165, 1.54) is 17.2 Å². The highest BCUT2D eigenvalue weighted by Crippen LogP contribution is 2.31. The van der Waals surface area contributed by atoms with Gasteiger partial charge in [-0.25, -0.2) is 9.78 Å². The molecular formula is C22H25F3N6O3. The molecule has 1 fully saturated rings. The fourth-order valence-electron chi connectivity index (χ4n) is 3.85. The molecule has 0 aliphatic carbocycles. The maximum Gasteiger partial charge on any atom is 0.416 e. The second-order valence-corrected chi connectivity index (χ2v) is 8.61. The van der Waals surface area contributed by atoms with E-state index in [1.807, 2.05) is 18.2 Å². The molecule has 1 aliphatic heterocycles. The van der Waals surface area contributed by atoms with E-state index >= 15 is 0 Å². The zero-order valence-corrected chi connectivity index (χ0v) is 18.6. The lowest BCUT2D eigenvalue weighted by molar-refractivity contribution is -0.221. The summed E-state index contributed by atoms with van der Waals surface area (Å²) in [6, 6.07) is 9.33. The van der Waals surface area contributed by atoms with Gasteiger partial charge in [-0.05, 0) is 19.4 Å². The molecule has 2 atom stereocenters. The fraction of sp³-hybridized carbons (Fsp3) is 0.409. The molecule has 4 N–H and O–H groups in total. The van der Waals surface area contributed by atoms with Crippen molar-refractivity contribution in [1.29, 1.82) is 0 Å². The van der Waals surface area contributed by atoms with Gasteiger partial charge < -0.3 is 20.1 Å². The monoisotopic (exact) mass is 478 g/mol. The number of anilines is 2. The number of hydrogen-bond donors (Lipinski definition) is 4. The van der Waals surface area contributed by atoms with Gasteiger partial charge in [-0.2, -0.15) is 18.3 Å². The van der Waals surface area contributed by atoms with Crippen molar-refractivity contribution >= 4 is 28.6 Å². The molecule has 2 amide bonds. The summed E-state index contributed by atoms with van der Waals surface area (Å²) in [7, 11) is 0. The third-order valence-corrected chi connectivity index (χ3v) is 5.51. The lowest BCUT2D eigenvalue weighted by Gasteiger charge is -2.34. The molecule has 0 radical (unpaired) electrons. The molecule has 2 unspecified atom stereocenters. The minimum absolute atomic E-state index is 0.0739. The lowest BCUT2D eigenvalue weighted by atomic mass is 9.92. The standard InChI is InChI=1S/C22H25F3N6O3/c1-21(2,33)18(13-6-4-3-5-7-13)28-20(32)27-17-10-15-14(11-26-17)19(30-29-15)31-8-9-34-16(12-31)22(23,24)25/h3-7,10-11,16,18,33H,8-9,12H2,1-2H3,(H,29,30)(H2,26,27,28,32). The van der Waals surface area contributed by atoms with Crippen molar-refractivity contribution in [3.63, 3.8) is 0 Å². The van der Waals surface area contributed by atoms with Crippen LogP contribution < -0.4 is 15.5 Å². The number of H-pyrrole nitrogens is 1. The number of morpholine rings is 1. The summed E-state index contributed by atoms with van der Waals surface area (Å²) in [5.41, 5.74) is -0.00673. The van der Waals surface area contributed by atoms with Gasteiger partial charge in [0.1, 0.15) is 5.82 Å². The van der Waals surface area contributed by atoms with Crippen LogP contribution in [0.1, 0.15) is 25.5 Å². The smallest absolute Gasteiger partial charge is 0.388 e. The van der Waals surface area contributed by atoms with Gasteiger partial charge >= 0.3 is 12.2 Å². The molecule has 3 aromatic rings. The Kier molecular flexibility index (Phi) is 6.36. The molecule has 12 heteroatoms. The van der Waals surface area contributed by atoms with Gasteiger partial charge in [-0.3, -0.25) is 10.4 Å². The van der Waals surface area contributed by atoms with Gasteiger partial charge in [0.15, 0.2) is 11.9 Å². The molecule has 1 aliphatic rings. The Morgan fingerprint density at radius 2 is 2.03 bits per heavy atom. The first kappa shape index (κ1) is 23.8. The van der Waals surface area contributed by atoms with E-state index in [4.69, 9.17) is 4.74 Å². The van der Waals surface area contributed by atoms with E-state index in [2.05, 4.69) is 25.8 Å². The molecule has 34 heavy (non-hydrogen) atoms. The van der Waals surface area contributed by atoms with E-state index in [0.717, 1.165) is 5.56 Å². The number of nitrogens with zero attached hydrogens (tertiary/aromatic N) is 3. The van der Waals surface area contributed by atoms with Gasteiger partial charge in [0.2, 0.25) is 0 Å². The molecule has 1 aromatic carbocycles. The number of nitrogens with one attached hydrogen (secondary N) is 3. The normalized spacial score (nSPS) is 18.1. The van der Waals surface area contributed by atoms with Crippen LogP contribution >= 0.6 is 0 Å². The molecule has 9 nitrogen and oxygen atoms in total. The highest BCUT2D eigenvalue weighted by molar-refractivity contribution is 5.94. The second-order valence-electron chi connectivity index (χ2n) is 8.61. The summed E-state index contributed by atoms with van der Waals surface area (Å²) < 4.78 is 44.0. The molecule has 0 spiro atoms. The van der Waals surface area contributed by atoms with Crippen molar-refractivity contribution in [3.8, 4) is 0 Å². The van der Waals surface area contributed by atoms with Gasteiger partial charge in [0.25, 0.3) is 0 Å². The van der Waals surface area contributed by atoms with Crippen LogP contribution in [-0.2, 0) is 4.74 Å². The number of carbonyl (C=O) groups is 1. The van der Waals surface area contributed by atoms with Crippen molar-refractivity contribution in [2.45, 2.75) is 37.8 Å². The van der Waals surface area contributed by atoms with Crippen molar-refractivity contribution < 1.29 is 27.8 Å². The number of amides is 2. The van der Waals surface area contributed by atoms with Crippen LogP contribution in [0.2, 0.25) is 0 Å². The van der Waals surface area contributed by atoms with Crippen LogP contribution in [0.25, 0.3) is 10.9 Å². The number of urea groups is 1. The number of aromatic nitrogens is 3. The summed E-state index contributed by atoms with van der Waals surface area (Å²) in [4.78, 5) is 18.3. The number of fused-ring (bicyclic) bond motifs is 1. The number of alkyl halides is 3. The number of halogens is 3. The summed E-state index contributed by atoms with van der Waals surface area (Å²) in [5.74, 6) is 0.542. The minimum atomic E-state index is -4.46. The minimum Gasteiger partial charge on any atom is -0.388 e. The van der Waals surface area contributed by atoms with Crippen LogP contribution in [0.3, 0.4) is 0 Å². The Hall–Kier alpha value is -3.38. The molecule has 0 saturated carbocycles. The Morgan fingerprint density at radius 3 is 2.71 bits per heavy atom. The molecule has 0 bridgehead atoms. The molecule has 4 rings (SSSR count). The van der Waals surface area contributed by atoms with Crippen molar-refractivity contribution in [2.75, 3.05) is 29.9 Å². The fourth-order valence-corrected chi connectivity index (χ4v) is 3.85. The number of pyridine rings is 1. The van der Waals surface area contributed by atoms with E-state index in [1.54, 1.807) is 26.0 Å². The van der Waals surface area contributed by atoms with Crippen molar-refractivity contribution in [2.24, 2.45) is 0 Å². The lowest BCUT2D eigenvalue weighted by Crippen LogP contribution is -2.49. The van der Waals surface area contributed by atoms with Crippen LogP contribution in [0.15, 0.2) is 42.6 Å². The van der Waals surface area contributed by atoms with Gasteiger partial charge in [0.05, 0.1) is 35.7 Å². The Bertz CT molecular complexity index is 1150. The molecule has 3 heterocycles. The van der Waals surface area contributed by atoms with Gasteiger partial charge in [-0.1, -0.05) is 30.3 Å². The van der Waals surface area contributed by atoms with E-state index in [-0.39, 0.29) is 25.5 Å². The average Bonchev–Trinajstić information content (AvgIpc) is 3.20. The largest absolute Gasteiger partial charge is 0.416 e. The van der Waals surface area contributed by atoms with Gasteiger partial charge in [0, 0.05) is 18.8 Å². The van der Waals surface area contributed by atoms with Crippen LogP contribution in [0.5, 0.6) is 0 Å². The van der Waals surface area contributed by atoms with E-state index in [0.29, 0.717) is 16.7 Å². The summed E-state index contributed by atoms with van der Waals surface area (Å²) >= 11 is 0. The van der Waals surface area contributed by atoms with Crippen molar-refractivity contribution in [3.05, 3.63) is 48.2 Å². The number of hydrogen-bond acceptors (Lipinski definition) is 6.